The topological polar surface area (TPSA) is 43.5 Å². The molecule has 0 amide bonds. The molecule has 2 rings (SSSR count). The molecule has 0 saturated carbocycles. The molecular formula is C15H28O4. The Morgan fingerprint density at radius 3 is 2.26 bits per heavy atom. The molecule has 0 aromatic heterocycles. The first-order valence-electron chi connectivity index (χ1n) is 7.73. The maximum Gasteiger partial charge on any atom is 0.104 e. The van der Waals surface area contributed by atoms with Gasteiger partial charge in [-0.1, -0.05) is 26.2 Å². The summed E-state index contributed by atoms with van der Waals surface area (Å²) in [7, 11) is 0. The van der Waals surface area contributed by atoms with Gasteiger partial charge in [-0.2, -0.15) is 0 Å². The molecular weight excluding hydrogens is 244 g/mol. The highest BCUT2D eigenvalue weighted by Gasteiger charge is 2.22. The Morgan fingerprint density at radius 1 is 0.947 bits per heavy atom. The van der Waals surface area contributed by atoms with Crippen LogP contribution in [-0.2, 0) is 18.9 Å². The van der Waals surface area contributed by atoms with Crippen LogP contribution in [0.4, 0.5) is 0 Å². The summed E-state index contributed by atoms with van der Waals surface area (Å²) in [6, 6.07) is 0. The Hall–Kier alpha value is -0.160. The molecule has 0 aromatic rings. The lowest BCUT2D eigenvalue weighted by Gasteiger charge is -2.11. The molecule has 3 unspecified atom stereocenters. The summed E-state index contributed by atoms with van der Waals surface area (Å²) in [5, 5.41) is 0. The van der Waals surface area contributed by atoms with Gasteiger partial charge in [-0.3, -0.25) is 0 Å². The van der Waals surface area contributed by atoms with Crippen LogP contribution in [-0.4, -0.2) is 51.8 Å². The van der Waals surface area contributed by atoms with E-state index in [-0.39, 0.29) is 0 Å². The van der Waals surface area contributed by atoms with Gasteiger partial charge in [-0.25, -0.2) is 0 Å². The number of hydrogen-bond donors (Lipinski definition) is 0. The minimum atomic E-state index is 0.397. The van der Waals surface area contributed by atoms with Crippen molar-refractivity contribution in [2.75, 3.05) is 39.6 Å². The van der Waals surface area contributed by atoms with Gasteiger partial charge in [0.1, 0.15) is 12.2 Å². The Morgan fingerprint density at radius 2 is 1.58 bits per heavy atom. The summed E-state index contributed by atoms with van der Waals surface area (Å²) in [6.45, 7) is 7.40. The fraction of sp³-hybridized carbons (Fsp3) is 1.00. The average Bonchev–Trinajstić information content (AvgIpc) is 3.25. The summed E-state index contributed by atoms with van der Waals surface area (Å²) in [6.07, 6.45) is 7.12. The van der Waals surface area contributed by atoms with Crippen molar-refractivity contribution >= 4 is 0 Å². The van der Waals surface area contributed by atoms with Crippen molar-refractivity contribution in [1.82, 2.24) is 0 Å². The van der Waals surface area contributed by atoms with Gasteiger partial charge in [-0.15, -0.1) is 0 Å². The standard InChI is InChI=1S/C15H28O4/c1-13(8-17-10-15-12-19-15)6-4-2-3-5-7-16-9-14-11-18-14/h13-15H,2-12H2,1H3. The van der Waals surface area contributed by atoms with Gasteiger partial charge in [0.05, 0.1) is 26.4 Å². The molecule has 3 atom stereocenters. The quantitative estimate of drug-likeness (QED) is 0.381. The lowest BCUT2D eigenvalue weighted by atomic mass is 10.0. The summed E-state index contributed by atoms with van der Waals surface area (Å²) in [4.78, 5) is 0. The van der Waals surface area contributed by atoms with Gasteiger partial charge >= 0.3 is 0 Å². The minimum Gasteiger partial charge on any atom is -0.379 e. The van der Waals surface area contributed by atoms with Gasteiger partial charge in [0, 0.05) is 13.2 Å². The predicted octanol–water partition coefficient (Wildman–Crippen LogP) is 2.40. The van der Waals surface area contributed by atoms with Crippen LogP contribution in [0.5, 0.6) is 0 Å². The molecule has 0 aromatic carbocycles. The monoisotopic (exact) mass is 272 g/mol. The van der Waals surface area contributed by atoms with Crippen LogP contribution in [0, 0.1) is 5.92 Å². The Kier molecular flexibility index (Phi) is 7.14. The van der Waals surface area contributed by atoms with Crippen LogP contribution in [0.1, 0.15) is 39.0 Å². The van der Waals surface area contributed by atoms with Crippen molar-refractivity contribution in [2.45, 2.75) is 51.2 Å². The van der Waals surface area contributed by atoms with E-state index in [0.29, 0.717) is 18.1 Å². The van der Waals surface area contributed by atoms with Crippen molar-refractivity contribution in [3.8, 4) is 0 Å². The van der Waals surface area contributed by atoms with Crippen molar-refractivity contribution in [3.63, 3.8) is 0 Å². The number of unbranched alkanes of at least 4 members (excludes halogenated alkanes) is 3. The van der Waals surface area contributed by atoms with Crippen LogP contribution in [0.3, 0.4) is 0 Å². The maximum atomic E-state index is 5.60. The van der Waals surface area contributed by atoms with Gasteiger partial charge < -0.3 is 18.9 Å². The molecule has 2 aliphatic heterocycles. The minimum absolute atomic E-state index is 0.397. The molecule has 0 N–H and O–H groups in total. The lowest BCUT2D eigenvalue weighted by molar-refractivity contribution is 0.0872. The summed E-state index contributed by atoms with van der Waals surface area (Å²) < 4.78 is 21.3. The molecule has 2 heterocycles. The summed E-state index contributed by atoms with van der Waals surface area (Å²) in [5.41, 5.74) is 0. The predicted molar refractivity (Wildman–Crippen MR) is 73.4 cm³/mol. The van der Waals surface area contributed by atoms with E-state index in [1.807, 2.05) is 0 Å². The molecule has 2 aliphatic rings. The Bertz CT molecular complexity index is 226. The fourth-order valence-corrected chi connectivity index (χ4v) is 2.08. The van der Waals surface area contributed by atoms with E-state index in [9.17, 15) is 0 Å². The first-order valence-corrected chi connectivity index (χ1v) is 7.73. The highest BCUT2D eigenvalue weighted by atomic mass is 16.6. The molecule has 2 saturated heterocycles. The second-order valence-corrected chi connectivity index (χ2v) is 5.83. The average molecular weight is 272 g/mol. The van der Waals surface area contributed by atoms with E-state index in [2.05, 4.69) is 6.92 Å². The number of hydrogen-bond acceptors (Lipinski definition) is 4. The zero-order valence-electron chi connectivity index (χ0n) is 12.1. The fourth-order valence-electron chi connectivity index (χ4n) is 2.08. The molecule has 2 fully saturated rings. The third-order valence-electron chi connectivity index (χ3n) is 3.55. The second-order valence-electron chi connectivity index (χ2n) is 5.83. The zero-order chi connectivity index (χ0) is 13.3. The summed E-state index contributed by atoms with van der Waals surface area (Å²) in [5.74, 6) is 0.669. The molecule has 4 heteroatoms. The maximum absolute atomic E-state index is 5.60. The zero-order valence-corrected chi connectivity index (χ0v) is 12.1. The van der Waals surface area contributed by atoms with Crippen molar-refractivity contribution < 1.29 is 18.9 Å². The third-order valence-corrected chi connectivity index (χ3v) is 3.55. The SMILES string of the molecule is CC(CCCCCCOCC1CO1)COCC1CO1. The highest BCUT2D eigenvalue weighted by molar-refractivity contribution is 4.68. The summed E-state index contributed by atoms with van der Waals surface area (Å²) >= 11 is 0. The molecule has 0 radical (unpaired) electrons. The molecule has 4 nitrogen and oxygen atoms in total. The Labute approximate surface area is 116 Å². The van der Waals surface area contributed by atoms with E-state index in [1.54, 1.807) is 0 Å². The van der Waals surface area contributed by atoms with E-state index >= 15 is 0 Å². The first-order chi connectivity index (χ1) is 9.34. The van der Waals surface area contributed by atoms with Gasteiger partial charge in [-0.05, 0) is 18.8 Å². The van der Waals surface area contributed by atoms with Crippen LogP contribution in [0.25, 0.3) is 0 Å². The Balaban J connectivity index is 1.26. The van der Waals surface area contributed by atoms with Gasteiger partial charge in [0.2, 0.25) is 0 Å². The van der Waals surface area contributed by atoms with Crippen LogP contribution < -0.4 is 0 Å². The van der Waals surface area contributed by atoms with Crippen LogP contribution in [0.15, 0.2) is 0 Å². The van der Waals surface area contributed by atoms with Gasteiger partial charge in [0.25, 0.3) is 0 Å². The molecule has 0 spiro atoms. The van der Waals surface area contributed by atoms with Crippen LogP contribution in [0.2, 0.25) is 0 Å². The lowest BCUT2D eigenvalue weighted by Crippen LogP contribution is -2.09. The number of ether oxygens (including phenoxy) is 4. The second kappa shape index (κ2) is 8.90. The number of epoxide rings is 2. The number of rotatable bonds is 13. The highest BCUT2D eigenvalue weighted by Crippen LogP contribution is 2.14. The third kappa shape index (κ3) is 8.58. The normalized spacial score (nSPS) is 26.4. The van der Waals surface area contributed by atoms with Gasteiger partial charge in [0.15, 0.2) is 0 Å². The van der Waals surface area contributed by atoms with E-state index in [4.69, 9.17) is 18.9 Å². The molecule has 0 aliphatic carbocycles. The van der Waals surface area contributed by atoms with E-state index < -0.39 is 0 Å². The molecule has 112 valence electrons. The van der Waals surface area contributed by atoms with Crippen molar-refractivity contribution in [1.29, 1.82) is 0 Å². The first kappa shape index (κ1) is 15.2. The van der Waals surface area contributed by atoms with Crippen LogP contribution >= 0.6 is 0 Å². The van der Waals surface area contributed by atoms with E-state index in [1.165, 1.54) is 32.1 Å². The van der Waals surface area contributed by atoms with Crippen molar-refractivity contribution in [2.24, 2.45) is 5.92 Å². The van der Waals surface area contributed by atoms with Crippen molar-refractivity contribution in [3.05, 3.63) is 0 Å². The molecule has 19 heavy (non-hydrogen) atoms. The largest absolute Gasteiger partial charge is 0.379 e. The molecule has 0 bridgehead atoms. The smallest absolute Gasteiger partial charge is 0.104 e. The van der Waals surface area contributed by atoms with E-state index in [0.717, 1.165) is 39.6 Å².